The number of carbonyl (C=O) groups excluding carboxylic acids is 2. The fourth-order valence-electron chi connectivity index (χ4n) is 2.99. The van der Waals surface area contributed by atoms with Gasteiger partial charge in [0, 0.05) is 5.02 Å². The maximum absolute atomic E-state index is 12.6. The summed E-state index contributed by atoms with van der Waals surface area (Å²) in [5.41, 5.74) is 2.74. The van der Waals surface area contributed by atoms with Gasteiger partial charge in [0.1, 0.15) is 16.5 Å². The Hall–Kier alpha value is -3.03. The summed E-state index contributed by atoms with van der Waals surface area (Å²) in [5, 5.41) is 7.66. The van der Waals surface area contributed by atoms with Gasteiger partial charge in [0.25, 0.3) is 5.91 Å². The van der Waals surface area contributed by atoms with E-state index in [0.717, 1.165) is 11.1 Å². The van der Waals surface area contributed by atoms with Gasteiger partial charge in [-0.15, -0.1) is 0 Å². The number of halogens is 2. The standard InChI is InChI=1S/C22H21Cl2N3O4/c1-13-8-9-18(30-3)17(10-13)25-19(28)12-31-22(29)20-14(2)26-27(21(20)24)11-15-6-4-5-7-16(15)23/h4-10H,11-12H2,1-3H3,(H,25,28). The Kier molecular flexibility index (Phi) is 7.20. The minimum atomic E-state index is -0.737. The molecule has 0 unspecified atom stereocenters. The maximum Gasteiger partial charge on any atom is 0.343 e. The molecule has 0 saturated carbocycles. The highest BCUT2D eigenvalue weighted by atomic mass is 35.5. The monoisotopic (exact) mass is 461 g/mol. The lowest BCUT2D eigenvalue weighted by molar-refractivity contribution is -0.119. The van der Waals surface area contributed by atoms with E-state index < -0.39 is 18.5 Å². The van der Waals surface area contributed by atoms with Crippen molar-refractivity contribution in [2.45, 2.75) is 20.4 Å². The number of ether oxygens (including phenoxy) is 2. The van der Waals surface area contributed by atoms with Gasteiger partial charge in [-0.25, -0.2) is 9.48 Å². The lowest BCUT2D eigenvalue weighted by Crippen LogP contribution is -2.21. The third-order valence-electron chi connectivity index (χ3n) is 4.51. The zero-order valence-electron chi connectivity index (χ0n) is 17.2. The number of aromatic nitrogens is 2. The Labute approximate surface area is 189 Å². The van der Waals surface area contributed by atoms with Crippen molar-refractivity contribution in [1.82, 2.24) is 9.78 Å². The average molecular weight is 462 g/mol. The number of amides is 1. The topological polar surface area (TPSA) is 82.4 Å². The van der Waals surface area contributed by atoms with E-state index in [1.54, 1.807) is 25.1 Å². The number of esters is 1. The van der Waals surface area contributed by atoms with Crippen molar-refractivity contribution in [3.63, 3.8) is 0 Å². The molecule has 0 atom stereocenters. The molecule has 0 aliphatic heterocycles. The highest BCUT2D eigenvalue weighted by Gasteiger charge is 2.23. The smallest absolute Gasteiger partial charge is 0.343 e. The number of nitrogens with one attached hydrogen (secondary N) is 1. The van der Waals surface area contributed by atoms with Crippen LogP contribution in [0.4, 0.5) is 5.69 Å². The first-order valence-corrected chi connectivity index (χ1v) is 10.1. The first kappa shape index (κ1) is 22.7. The second-order valence-corrected chi connectivity index (χ2v) is 7.59. The first-order chi connectivity index (χ1) is 14.8. The summed E-state index contributed by atoms with van der Waals surface area (Å²) in [6, 6.07) is 12.6. The fourth-order valence-corrected chi connectivity index (χ4v) is 3.49. The largest absolute Gasteiger partial charge is 0.495 e. The molecule has 0 aliphatic rings. The zero-order valence-corrected chi connectivity index (χ0v) is 18.8. The van der Waals surface area contributed by atoms with Crippen LogP contribution in [0.5, 0.6) is 5.75 Å². The second kappa shape index (κ2) is 9.85. The summed E-state index contributed by atoms with van der Waals surface area (Å²) < 4.78 is 11.9. The Balaban J connectivity index is 1.67. The molecular formula is C22H21Cl2N3O4. The molecule has 31 heavy (non-hydrogen) atoms. The lowest BCUT2D eigenvalue weighted by Gasteiger charge is -2.11. The normalized spacial score (nSPS) is 10.6. The van der Waals surface area contributed by atoms with Crippen LogP contribution in [0.15, 0.2) is 42.5 Å². The summed E-state index contributed by atoms with van der Waals surface area (Å²) >= 11 is 12.6. The van der Waals surface area contributed by atoms with E-state index in [9.17, 15) is 9.59 Å². The summed E-state index contributed by atoms with van der Waals surface area (Å²) in [4.78, 5) is 24.8. The van der Waals surface area contributed by atoms with Gasteiger partial charge in [0.2, 0.25) is 0 Å². The first-order valence-electron chi connectivity index (χ1n) is 9.38. The second-order valence-electron chi connectivity index (χ2n) is 6.83. The molecule has 7 nitrogen and oxygen atoms in total. The van der Waals surface area contributed by atoms with Crippen molar-refractivity contribution >= 4 is 40.8 Å². The van der Waals surface area contributed by atoms with Gasteiger partial charge < -0.3 is 14.8 Å². The third kappa shape index (κ3) is 5.37. The van der Waals surface area contributed by atoms with Gasteiger partial charge in [-0.1, -0.05) is 47.5 Å². The van der Waals surface area contributed by atoms with E-state index in [4.69, 9.17) is 32.7 Å². The van der Waals surface area contributed by atoms with E-state index in [1.807, 2.05) is 31.2 Å². The molecule has 1 heterocycles. The summed E-state index contributed by atoms with van der Waals surface area (Å²) in [6.07, 6.45) is 0. The van der Waals surface area contributed by atoms with E-state index >= 15 is 0 Å². The van der Waals surface area contributed by atoms with Gasteiger partial charge in [-0.3, -0.25) is 4.79 Å². The van der Waals surface area contributed by atoms with Crippen LogP contribution in [0.25, 0.3) is 0 Å². The lowest BCUT2D eigenvalue weighted by atomic mass is 10.2. The number of rotatable bonds is 7. The summed E-state index contributed by atoms with van der Waals surface area (Å²) in [5.74, 6) is -0.737. The number of benzene rings is 2. The van der Waals surface area contributed by atoms with Crippen molar-refractivity contribution in [2.24, 2.45) is 0 Å². The molecule has 162 valence electrons. The molecule has 1 N–H and O–H groups in total. The number of hydrogen-bond donors (Lipinski definition) is 1. The van der Waals surface area contributed by atoms with Crippen molar-refractivity contribution < 1.29 is 19.1 Å². The molecule has 0 fully saturated rings. The quantitative estimate of drug-likeness (QED) is 0.517. The molecule has 9 heteroatoms. The minimum absolute atomic E-state index is 0.106. The van der Waals surface area contributed by atoms with Gasteiger partial charge in [-0.05, 0) is 43.2 Å². The predicted octanol–water partition coefficient (Wildman–Crippen LogP) is 4.66. The van der Waals surface area contributed by atoms with Gasteiger partial charge in [-0.2, -0.15) is 5.10 Å². The van der Waals surface area contributed by atoms with Crippen LogP contribution in [-0.4, -0.2) is 35.4 Å². The van der Waals surface area contributed by atoms with E-state index in [0.29, 0.717) is 28.7 Å². The van der Waals surface area contributed by atoms with Crippen LogP contribution in [0.3, 0.4) is 0 Å². The molecule has 3 rings (SSSR count). The Bertz CT molecular complexity index is 1130. The van der Waals surface area contributed by atoms with Crippen LogP contribution in [-0.2, 0) is 16.1 Å². The Morgan fingerprint density at radius 3 is 2.58 bits per heavy atom. The van der Waals surface area contributed by atoms with Gasteiger partial charge in [0.15, 0.2) is 6.61 Å². The molecule has 3 aromatic rings. The SMILES string of the molecule is COc1ccc(C)cc1NC(=O)COC(=O)c1c(C)nn(Cc2ccccc2Cl)c1Cl. The number of hydrogen-bond acceptors (Lipinski definition) is 5. The van der Waals surface area contributed by atoms with Crippen LogP contribution in [0.1, 0.15) is 27.2 Å². The van der Waals surface area contributed by atoms with Gasteiger partial charge >= 0.3 is 5.97 Å². The van der Waals surface area contributed by atoms with E-state index in [2.05, 4.69) is 10.4 Å². The number of aryl methyl sites for hydroxylation is 2. The Morgan fingerprint density at radius 2 is 1.87 bits per heavy atom. The van der Waals surface area contributed by atoms with Crippen LogP contribution >= 0.6 is 23.2 Å². The number of anilines is 1. The molecule has 2 aromatic carbocycles. The highest BCUT2D eigenvalue weighted by Crippen LogP contribution is 2.26. The highest BCUT2D eigenvalue weighted by molar-refractivity contribution is 6.33. The molecular weight excluding hydrogens is 441 g/mol. The Morgan fingerprint density at radius 1 is 1.13 bits per heavy atom. The van der Waals surface area contributed by atoms with Crippen molar-refractivity contribution in [3.05, 3.63) is 75.0 Å². The number of carbonyl (C=O) groups is 2. The summed E-state index contributed by atoms with van der Waals surface area (Å²) in [6.45, 7) is 3.34. The third-order valence-corrected chi connectivity index (χ3v) is 5.26. The average Bonchev–Trinajstić information content (AvgIpc) is 3.01. The fraction of sp³-hybridized carbons (Fsp3) is 0.227. The van der Waals surface area contributed by atoms with Crippen LogP contribution in [0, 0.1) is 13.8 Å². The molecule has 0 bridgehead atoms. The maximum atomic E-state index is 12.6. The number of nitrogens with zero attached hydrogens (tertiary/aromatic N) is 2. The van der Waals surface area contributed by atoms with Crippen LogP contribution < -0.4 is 10.1 Å². The van der Waals surface area contributed by atoms with Gasteiger partial charge in [0.05, 0.1) is 25.0 Å². The summed E-state index contributed by atoms with van der Waals surface area (Å²) in [7, 11) is 1.51. The number of methoxy groups -OCH3 is 1. The van der Waals surface area contributed by atoms with Crippen molar-refractivity contribution in [2.75, 3.05) is 19.0 Å². The van der Waals surface area contributed by atoms with E-state index in [1.165, 1.54) is 11.8 Å². The minimum Gasteiger partial charge on any atom is -0.495 e. The molecule has 0 aliphatic carbocycles. The molecule has 1 amide bonds. The molecule has 0 radical (unpaired) electrons. The van der Waals surface area contributed by atoms with Crippen LogP contribution in [0.2, 0.25) is 10.2 Å². The predicted molar refractivity (Wildman–Crippen MR) is 119 cm³/mol. The van der Waals surface area contributed by atoms with Crippen molar-refractivity contribution in [1.29, 1.82) is 0 Å². The van der Waals surface area contributed by atoms with E-state index in [-0.39, 0.29) is 10.7 Å². The van der Waals surface area contributed by atoms with Crippen molar-refractivity contribution in [3.8, 4) is 5.75 Å². The zero-order chi connectivity index (χ0) is 22.5. The molecule has 0 saturated heterocycles. The molecule has 1 aromatic heterocycles. The molecule has 0 spiro atoms.